The number of carbonyl (C=O) groups excluding carboxylic acids is 2. The highest BCUT2D eigenvalue weighted by Crippen LogP contribution is 2.53. The summed E-state index contributed by atoms with van der Waals surface area (Å²) in [6.45, 7) is 1.51. The smallest absolute Gasteiger partial charge is 0.318 e. The number of benzene rings is 2. The van der Waals surface area contributed by atoms with Crippen LogP contribution in [0.5, 0.6) is 5.75 Å². The molecular weight excluding hydrogens is 362 g/mol. The minimum atomic E-state index is -2.42. The van der Waals surface area contributed by atoms with Crippen molar-refractivity contribution in [1.82, 2.24) is 0 Å². The third kappa shape index (κ3) is 2.47. The molecule has 28 heavy (non-hydrogen) atoms. The highest BCUT2D eigenvalue weighted by atomic mass is 16.6. The molecule has 1 unspecified atom stereocenters. The van der Waals surface area contributed by atoms with Crippen molar-refractivity contribution < 1.29 is 29.3 Å². The fraction of sp³-hybridized carbons (Fsp3) is 0.286. The second-order valence-electron chi connectivity index (χ2n) is 6.83. The highest BCUT2D eigenvalue weighted by molar-refractivity contribution is 6.18. The number of para-hydroxylation sites is 1. The van der Waals surface area contributed by atoms with Crippen LogP contribution >= 0.6 is 0 Å². The molecule has 7 nitrogen and oxygen atoms in total. The molecule has 1 aliphatic heterocycles. The predicted octanol–water partition coefficient (Wildman–Crippen LogP) is 1.47. The van der Waals surface area contributed by atoms with Crippen LogP contribution in [0.15, 0.2) is 59.6 Å². The van der Waals surface area contributed by atoms with E-state index in [1.54, 1.807) is 24.3 Å². The van der Waals surface area contributed by atoms with Gasteiger partial charge in [0, 0.05) is 16.8 Å². The van der Waals surface area contributed by atoms with Gasteiger partial charge >= 0.3 is 5.97 Å². The maximum atomic E-state index is 12.9. The summed E-state index contributed by atoms with van der Waals surface area (Å²) >= 11 is 0. The molecule has 3 atom stereocenters. The SMILES string of the molecule is CC1=N[C@]2(O)c3ccccc3C(=O)[C@]2(O)C1C(=O)OCCOc1ccccc1. The number of nitrogens with zero attached hydrogens (tertiary/aromatic N) is 1. The van der Waals surface area contributed by atoms with Crippen LogP contribution in [0.1, 0.15) is 22.8 Å². The molecule has 0 bridgehead atoms. The summed E-state index contributed by atoms with van der Waals surface area (Å²) in [6, 6.07) is 15.3. The summed E-state index contributed by atoms with van der Waals surface area (Å²) < 4.78 is 10.7. The van der Waals surface area contributed by atoms with Crippen molar-refractivity contribution in [2.45, 2.75) is 18.2 Å². The molecule has 1 aliphatic carbocycles. The zero-order valence-corrected chi connectivity index (χ0v) is 15.2. The zero-order chi connectivity index (χ0) is 19.9. The largest absolute Gasteiger partial charge is 0.490 e. The van der Waals surface area contributed by atoms with E-state index in [0.717, 1.165) is 0 Å². The lowest BCUT2D eigenvalue weighted by atomic mass is 9.79. The fourth-order valence-electron chi connectivity index (χ4n) is 3.90. The standard InChI is InChI=1S/C21H19NO6/c1-13-17(19(24)28-12-11-27-14-7-3-2-4-8-14)20(25)18(23)15-9-5-6-10-16(15)21(20,26)22-13/h2-10,17,25-26H,11-12H2,1H3/t17?,20-,21+/m1/s1. The predicted molar refractivity (Wildman–Crippen MR) is 99.1 cm³/mol. The van der Waals surface area contributed by atoms with Gasteiger partial charge in [0.25, 0.3) is 0 Å². The topological polar surface area (TPSA) is 105 Å². The number of ketones is 1. The Balaban J connectivity index is 1.50. The molecular formula is C21H19NO6. The third-order valence-electron chi connectivity index (χ3n) is 5.17. The fourth-order valence-corrected chi connectivity index (χ4v) is 3.90. The van der Waals surface area contributed by atoms with E-state index >= 15 is 0 Å². The van der Waals surface area contributed by atoms with Crippen LogP contribution in [0.4, 0.5) is 0 Å². The van der Waals surface area contributed by atoms with E-state index in [2.05, 4.69) is 4.99 Å². The quantitative estimate of drug-likeness (QED) is 0.600. The first kappa shape index (κ1) is 18.3. The summed E-state index contributed by atoms with van der Waals surface area (Å²) in [7, 11) is 0. The molecule has 0 saturated carbocycles. The van der Waals surface area contributed by atoms with E-state index in [9.17, 15) is 19.8 Å². The van der Waals surface area contributed by atoms with Crippen LogP contribution in [0, 0.1) is 5.92 Å². The first-order valence-corrected chi connectivity index (χ1v) is 8.89. The lowest BCUT2D eigenvalue weighted by molar-refractivity contribution is -0.165. The monoisotopic (exact) mass is 381 g/mol. The van der Waals surface area contributed by atoms with E-state index in [-0.39, 0.29) is 30.1 Å². The first-order valence-electron chi connectivity index (χ1n) is 8.89. The molecule has 2 aromatic carbocycles. The van der Waals surface area contributed by atoms with Gasteiger partial charge in [0.2, 0.25) is 11.5 Å². The number of aliphatic hydroxyl groups is 2. The second kappa shape index (κ2) is 6.54. The zero-order valence-electron chi connectivity index (χ0n) is 15.2. The molecule has 0 radical (unpaired) electrons. The number of esters is 1. The van der Waals surface area contributed by atoms with E-state index < -0.39 is 29.0 Å². The number of fused-ring (bicyclic) bond motifs is 3. The lowest BCUT2D eigenvalue weighted by Gasteiger charge is -2.31. The molecule has 2 N–H and O–H groups in total. The van der Waals surface area contributed by atoms with Gasteiger partial charge in [-0.15, -0.1) is 0 Å². The minimum absolute atomic E-state index is 0.0762. The Bertz CT molecular complexity index is 972. The first-order chi connectivity index (χ1) is 13.4. The van der Waals surface area contributed by atoms with Crippen LogP contribution < -0.4 is 4.74 Å². The van der Waals surface area contributed by atoms with Crippen LogP contribution in [-0.2, 0) is 15.3 Å². The van der Waals surface area contributed by atoms with Crippen LogP contribution in [0.25, 0.3) is 0 Å². The Kier molecular flexibility index (Phi) is 4.28. The number of carbonyl (C=O) groups is 2. The third-order valence-corrected chi connectivity index (χ3v) is 5.17. The van der Waals surface area contributed by atoms with Crippen molar-refractivity contribution in [3.05, 3.63) is 65.7 Å². The Morgan fingerprint density at radius 3 is 2.50 bits per heavy atom. The van der Waals surface area contributed by atoms with Gasteiger partial charge in [-0.05, 0) is 19.1 Å². The molecule has 1 heterocycles. The molecule has 0 spiro atoms. The number of Topliss-reactive ketones (excluding diaryl/α,β-unsaturated/α-hetero) is 1. The van der Waals surface area contributed by atoms with Crippen molar-refractivity contribution in [3.8, 4) is 5.75 Å². The minimum Gasteiger partial charge on any atom is -0.490 e. The van der Waals surface area contributed by atoms with Crippen LogP contribution in [-0.4, -0.2) is 46.5 Å². The van der Waals surface area contributed by atoms with Crippen molar-refractivity contribution in [3.63, 3.8) is 0 Å². The van der Waals surface area contributed by atoms with E-state index in [4.69, 9.17) is 9.47 Å². The summed E-state index contributed by atoms with van der Waals surface area (Å²) in [5.41, 5.74) is -4.15. The van der Waals surface area contributed by atoms with E-state index in [1.165, 1.54) is 19.1 Å². The Hall–Kier alpha value is -3.03. The normalized spacial score (nSPS) is 27.8. The summed E-state index contributed by atoms with van der Waals surface area (Å²) in [4.78, 5) is 29.6. The van der Waals surface area contributed by atoms with Crippen LogP contribution in [0.3, 0.4) is 0 Å². The van der Waals surface area contributed by atoms with Gasteiger partial charge in [-0.2, -0.15) is 0 Å². The number of hydrogen-bond donors (Lipinski definition) is 2. The average Bonchev–Trinajstić information content (AvgIpc) is 3.01. The molecule has 7 heteroatoms. The number of rotatable bonds is 5. The van der Waals surface area contributed by atoms with Gasteiger partial charge in [0.1, 0.15) is 24.9 Å². The van der Waals surface area contributed by atoms with Gasteiger partial charge < -0.3 is 19.7 Å². The molecule has 2 aromatic rings. The molecule has 0 aromatic heterocycles. The summed E-state index contributed by atoms with van der Waals surface area (Å²) in [6.07, 6.45) is 0. The molecule has 0 saturated heterocycles. The average molecular weight is 381 g/mol. The summed E-state index contributed by atoms with van der Waals surface area (Å²) in [5, 5.41) is 22.2. The van der Waals surface area contributed by atoms with Crippen molar-refractivity contribution in [1.29, 1.82) is 0 Å². The Labute approximate surface area is 161 Å². The highest BCUT2D eigenvalue weighted by Gasteiger charge is 2.72. The number of aliphatic imine (C=N–C) groups is 1. The van der Waals surface area contributed by atoms with E-state index in [1.807, 2.05) is 18.2 Å². The molecule has 0 amide bonds. The lowest BCUT2D eigenvalue weighted by Crippen LogP contribution is -2.56. The van der Waals surface area contributed by atoms with Gasteiger partial charge in [0.05, 0.1) is 0 Å². The molecule has 2 aliphatic rings. The Morgan fingerprint density at radius 2 is 1.75 bits per heavy atom. The maximum absolute atomic E-state index is 12.9. The van der Waals surface area contributed by atoms with Crippen molar-refractivity contribution in [2.24, 2.45) is 10.9 Å². The van der Waals surface area contributed by atoms with Crippen molar-refractivity contribution in [2.75, 3.05) is 13.2 Å². The number of ether oxygens (including phenoxy) is 2. The molecule has 4 rings (SSSR count). The van der Waals surface area contributed by atoms with Gasteiger partial charge in [0.15, 0.2) is 5.60 Å². The van der Waals surface area contributed by atoms with E-state index in [0.29, 0.717) is 5.75 Å². The second-order valence-corrected chi connectivity index (χ2v) is 6.83. The maximum Gasteiger partial charge on any atom is 0.318 e. The van der Waals surface area contributed by atoms with Gasteiger partial charge in [-0.3, -0.25) is 14.6 Å². The molecule has 144 valence electrons. The summed E-state index contributed by atoms with van der Waals surface area (Å²) in [5.74, 6) is -2.34. The Morgan fingerprint density at radius 1 is 1.07 bits per heavy atom. The van der Waals surface area contributed by atoms with Gasteiger partial charge in [-0.1, -0.05) is 42.5 Å². The van der Waals surface area contributed by atoms with Gasteiger partial charge in [-0.25, -0.2) is 0 Å². The van der Waals surface area contributed by atoms with Crippen LogP contribution in [0.2, 0.25) is 0 Å². The molecule has 0 fully saturated rings. The van der Waals surface area contributed by atoms with Crippen molar-refractivity contribution >= 4 is 17.5 Å². The number of hydrogen-bond acceptors (Lipinski definition) is 7.